The van der Waals surface area contributed by atoms with Crippen LogP contribution in [0.25, 0.3) is 17.0 Å². The molecule has 2 aliphatic carbocycles. The van der Waals surface area contributed by atoms with Crippen LogP contribution in [-0.2, 0) is 27.3 Å². The van der Waals surface area contributed by atoms with Gasteiger partial charge in [0.1, 0.15) is 12.3 Å². The third-order valence-electron chi connectivity index (χ3n) is 9.95. The predicted octanol–water partition coefficient (Wildman–Crippen LogP) is 6.71. The molecule has 0 aliphatic heterocycles. The van der Waals surface area contributed by atoms with Gasteiger partial charge in [-0.15, -0.1) is 0 Å². The highest BCUT2D eigenvalue weighted by atomic mass is 16.5. The van der Waals surface area contributed by atoms with Crippen molar-refractivity contribution in [2.24, 2.45) is 17.8 Å². The number of hydrogen-bond acceptors (Lipinski definition) is 6. The number of nitrogens with one attached hydrogen (secondary N) is 1. The Balaban J connectivity index is 1.12. The third kappa shape index (κ3) is 9.75. The van der Waals surface area contributed by atoms with E-state index in [0.29, 0.717) is 11.6 Å². The average molecular weight is 653 g/mol. The zero-order valence-corrected chi connectivity index (χ0v) is 28.2. The van der Waals surface area contributed by atoms with Crippen molar-refractivity contribution in [2.75, 3.05) is 20.2 Å². The lowest BCUT2D eigenvalue weighted by Gasteiger charge is -2.35. The van der Waals surface area contributed by atoms with Crippen molar-refractivity contribution < 1.29 is 24.2 Å². The number of nitrogens with zero attached hydrogens (tertiary/aromatic N) is 3. The van der Waals surface area contributed by atoms with Gasteiger partial charge in [-0.2, -0.15) is 0 Å². The molecule has 1 saturated carbocycles. The highest BCUT2D eigenvalue weighted by Crippen LogP contribution is 2.42. The summed E-state index contributed by atoms with van der Waals surface area (Å²) in [5, 5.41) is 12.0. The van der Waals surface area contributed by atoms with Crippen LogP contribution in [0.4, 0.5) is 0 Å². The van der Waals surface area contributed by atoms with Gasteiger partial charge in [-0.1, -0.05) is 75.1 Å². The van der Waals surface area contributed by atoms with E-state index in [9.17, 15) is 19.5 Å². The number of hydrogen-bond donors (Lipinski definition) is 2. The summed E-state index contributed by atoms with van der Waals surface area (Å²) in [5.41, 5.74) is 4.79. The van der Waals surface area contributed by atoms with Crippen molar-refractivity contribution in [1.82, 2.24) is 20.2 Å². The second kappa shape index (κ2) is 17.0. The highest BCUT2D eigenvalue weighted by molar-refractivity contribution is 5.87. The normalized spacial score (nSPS) is 19.2. The van der Waals surface area contributed by atoms with E-state index in [-0.39, 0.29) is 25.4 Å². The lowest BCUT2D eigenvalue weighted by Crippen LogP contribution is -2.42. The van der Waals surface area contributed by atoms with Gasteiger partial charge in [0.15, 0.2) is 5.82 Å². The first kappa shape index (κ1) is 34.8. The van der Waals surface area contributed by atoms with E-state index in [1.807, 2.05) is 36.7 Å². The van der Waals surface area contributed by atoms with Crippen molar-refractivity contribution in [3.05, 3.63) is 83.7 Å². The summed E-state index contributed by atoms with van der Waals surface area (Å²) < 4.78 is 5.13. The molecule has 3 aromatic rings. The molecule has 9 nitrogen and oxygen atoms in total. The Labute approximate surface area is 283 Å². The minimum atomic E-state index is -1.13. The minimum absolute atomic E-state index is 0.0921. The summed E-state index contributed by atoms with van der Waals surface area (Å²) in [5.74, 6) is 1.99. The minimum Gasteiger partial charge on any atom is -0.497 e. The molecule has 2 aliphatic rings. The van der Waals surface area contributed by atoms with Crippen molar-refractivity contribution in [3.8, 4) is 17.1 Å². The second-order valence-corrected chi connectivity index (χ2v) is 13.3. The number of aromatic nitrogens is 2. The lowest BCUT2D eigenvalue weighted by molar-refractivity contribution is -0.144. The van der Waals surface area contributed by atoms with Gasteiger partial charge in [0.25, 0.3) is 0 Å². The number of allylic oxidation sites excluding steroid dienone is 2. The van der Waals surface area contributed by atoms with E-state index in [1.54, 1.807) is 31.4 Å². The Morgan fingerprint density at radius 2 is 1.58 bits per heavy atom. The van der Waals surface area contributed by atoms with Crippen LogP contribution in [0.1, 0.15) is 81.4 Å². The summed E-state index contributed by atoms with van der Waals surface area (Å²) in [4.78, 5) is 47.4. The van der Waals surface area contributed by atoms with Crippen LogP contribution >= 0.6 is 0 Å². The van der Waals surface area contributed by atoms with Gasteiger partial charge in [-0.3, -0.25) is 14.4 Å². The van der Waals surface area contributed by atoms with Crippen LogP contribution in [0, 0.1) is 17.8 Å². The molecule has 1 fully saturated rings. The van der Waals surface area contributed by atoms with Crippen LogP contribution in [0.2, 0.25) is 0 Å². The molecular weight excluding hydrogens is 604 g/mol. The number of ether oxygens (including phenoxy) is 1. The molecule has 2 N–H and O–H groups in total. The second-order valence-electron chi connectivity index (χ2n) is 13.3. The molecule has 1 atom stereocenters. The number of carbonyl (C=O) groups excluding carboxylic acids is 2. The third-order valence-corrected chi connectivity index (χ3v) is 9.95. The molecule has 0 unspecified atom stereocenters. The molecule has 2 aromatic carbocycles. The number of carboxylic acids is 1. The number of aliphatic carboxylic acids is 1. The molecule has 1 aromatic heterocycles. The van der Waals surface area contributed by atoms with Gasteiger partial charge in [-0.05, 0) is 78.7 Å². The van der Waals surface area contributed by atoms with E-state index in [2.05, 4.69) is 28.3 Å². The fraction of sp³-hybridized carbons (Fsp3) is 0.462. The lowest BCUT2D eigenvalue weighted by atomic mass is 9.70. The molecule has 2 amide bonds. The molecule has 48 heavy (non-hydrogen) atoms. The van der Waals surface area contributed by atoms with E-state index in [0.717, 1.165) is 52.8 Å². The van der Waals surface area contributed by atoms with E-state index in [1.165, 1.54) is 55.4 Å². The number of methoxy groups -OCH3 is 1. The monoisotopic (exact) mass is 652 g/mol. The SMILES string of the molecule is CCCC1CCC([C@@H]2CC=C(c3cnc(-c4ccc(CN(CC(=O)O)C(=O)CNC(=O)Cc5ccc(OC)cc5)cc4)nc3)CC2)CC1. The molecule has 254 valence electrons. The summed E-state index contributed by atoms with van der Waals surface area (Å²) in [6.45, 7) is 1.62. The number of carbonyl (C=O) groups is 3. The maximum Gasteiger partial charge on any atom is 0.323 e. The number of amides is 2. The van der Waals surface area contributed by atoms with Gasteiger partial charge < -0.3 is 20.1 Å². The number of benzene rings is 2. The summed E-state index contributed by atoms with van der Waals surface area (Å²) in [7, 11) is 1.57. The van der Waals surface area contributed by atoms with E-state index in [4.69, 9.17) is 4.74 Å². The fourth-order valence-electron chi connectivity index (χ4n) is 7.20. The van der Waals surface area contributed by atoms with Gasteiger partial charge in [0.05, 0.1) is 20.1 Å². The van der Waals surface area contributed by atoms with Crippen molar-refractivity contribution in [3.63, 3.8) is 0 Å². The van der Waals surface area contributed by atoms with Crippen LogP contribution < -0.4 is 10.1 Å². The topological polar surface area (TPSA) is 122 Å². The summed E-state index contributed by atoms with van der Waals surface area (Å²) in [6.07, 6.45) is 18.1. The highest BCUT2D eigenvalue weighted by Gasteiger charge is 2.28. The van der Waals surface area contributed by atoms with Crippen molar-refractivity contribution in [2.45, 2.75) is 77.7 Å². The van der Waals surface area contributed by atoms with Crippen molar-refractivity contribution >= 4 is 23.4 Å². The summed E-state index contributed by atoms with van der Waals surface area (Å²) in [6, 6.07) is 14.5. The smallest absolute Gasteiger partial charge is 0.323 e. The maximum absolute atomic E-state index is 12.9. The fourth-order valence-corrected chi connectivity index (χ4v) is 7.20. The average Bonchev–Trinajstić information content (AvgIpc) is 3.11. The molecule has 0 radical (unpaired) electrons. The Hall–Kier alpha value is -4.53. The quantitative estimate of drug-likeness (QED) is 0.198. The van der Waals surface area contributed by atoms with Gasteiger partial charge >= 0.3 is 5.97 Å². The Kier molecular flexibility index (Phi) is 12.4. The van der Waals surface area contributed by atoms with E-state index < -0.39 is 18.4 Å². The van der Waals surface area contributed by atoms with Gasteiger partial charge in [-0.25, -0.2) is 9.97 Å². The first-order chi connectivity index (χ1) is 23.3. The Morgan fingerprint density at radius 3 is 2.19 bits per heavy atom. The molecule has 0 bridgehead atoms. The first-order valence-corrected chi connectivity index (χ1v) is 17.3. The van der Waals surface area contributed by atoms with Crippen LogP contribution in [0.15, 0.2) is 67.0 Å². The first-order valence-electron chi connectivity index (χ1n) is 17.3. The molecule has 0 saturated heterocycles. The molecule has 9 heteroatoms. The zero-order valence-electron chi connectivity index (χ0n) is 28.2. The molecular formula is C39H48N4O5. The van der Waals surface area contributed by atoms with Crippen LogP contribution in [0.5, 0.6) is 5.75 Å². The van der Waals surface area contributed by atoms with Crippen LogP contribution in [-0.4, -0.2) is 58.0 Å². The number of carboxylic acid groups (broad SMARTS) is 1. The van der Waals surface area contributed by atoms with E-state index >= 15 is 0 Å². The zero-order chi connectivity index (χ0) is 33.9. The molecule has 1 heterocycles. The van der Waals surface area contributed by atoms with Crippen molar-refractivity contribution in [1.29, 1.82) is 0 Å². The Bertz CT molecular complexity index is 1540. The molecule has 5 rings (SSSR count). The standard InChI is InChI=1S/C39H48N4O5/c1-3-4-27-5-11-30(12-6-27)31-15-17-32(18-16-31)34-22-41-39(42-23-34)33-13-7-29(8-14-33)25-43(26-38(46)47)37(45)24-40-36(44)21-28-9-19-35(48-2)20-10-28/h7-10,13-14,17,19-20,22-23,27,30-31H,3-6,11-12,15-16,18,21,24-26H2,1-2H3,(H,40,44)(H,46,47)/t27?,30?,31-/m1/s1. The number of rotatable bonds is 14. The van der Waals surface area contributed by atoms with Gasteiger partial charge in [0.2, 0.25) is 11.8 Å². The van der Waals surface area contributed by atoms with Crippen LogP contribution in [0.3, 0.4) is 0 Å². The largest absolute Gasteiger partial charge is 0.497 e. The Morgan fingerprint density at radius 1 is 0.896 bits per heavy atom. The molecule has 0 spiro atoms. The summed E-state index contributed by atoms with van der Waals surface area (Å²) >= 11 is 0. The maximum atomic E-state index is 12.9. The predicted molar refractivity (Wildman–Crippen MR) is 186 cm³/mol. The van der Waals surface area contributed by atoms with Gasteiger partial charge in [0, 0.05) is 30.1 Å².